The van der Waals surface area contributed by atoms with E-state index in [9.17, 15) is 14.7 Å². The molecule has 0 spiro atoms. The van der Waals surface area contributed by atoms with Crippen molar-refractivity contribution < 1.29 is 14.7 Å². The van der Waals surface area contributed by atoms with Crippen LogP contribution in [0, 0.1) is 6.92 Å². The number of phenolic OH excluding ortho intramolecular Hbond substituents is 1. The molecule has 7 heteroatoms. The Morgan fingerprint density at radius 2 is 1.96 bits per heavy atom. The number of hydrogen-bond donors (Lipinski definition) is 3. The average molecular weight is 332 g/mol. The minimum Gasteiger partial charge on any atom is -0.508 e. The normalized spacial score (nSPS) is 10.5. The summed E-state index contributed by atoms with van der Waals surface area (Å²) in [6, 6.07) is 11.3. The van der Waals surface area contributed by atoms with Crippen molar-refractivity contribution in [1.29, 1.82) is 0 Å². The van der Waals surface area contributed by atoms with Crippen molar-refractivity contribution in [3.63, 3.8) is 0 Å². The molecule has 0 radical (unpaired) electrons. The van der Waals surface area contributed by atoms with E-state index >= 15 is 0 Å². The van der Waals surface area contributed by atoms with Gasteiger partial charge in [-0.15, -0.1) is 0 Å². The molecule has 0 atom stereocenters. The van der Waals surface area contributed by atoms with Crippen molar-refractivity contribution in [2.45, 2.75) is 6.92 Å². The quantitative estimate of drug-likeness (QED) is 0.458. The molecular formula is C16H14ClN3O3. The van der Waals surface area contributed by atoms with Crippen LogP contribution in [-0.2, 0) is 9.59 Å². The van der Waals surface area contributed by atoms with Crippen LogP contribution >= 0.6 is 11.6 Å². The molecule has 2 rings (SSSR count). The van der Waals surface area contributed by atoms with E-state index in [1.165, 1.54) is 18.3 Å². The summed E-state index contributed by atoms with van der Waals surface area (Å²) >= 11 is 5.85. The molecular weight excluding hydrogens is 318 g/mol. The molecule has 0 aliphatic rings. The number of carbonyl (C=O) groups excluding carboxylic acids is 2. The summed E-state index contributed by atoms with van der Waals surface area (Å²) in [6.45, 7) is 1.78. The van der Waals surface area contributed by atoms with E-state index in [1.54, 1.807) is 37.3 Å². The Labute approximate surface area is 137 Å². The number of nitrogens with one attached hydrogen (secondary N) is 2. The van der Waals surface area contributed by atoms with E-state index < -0.39 is 11.8 Å². The maximum Gasteiger partial charge on any atom is 0.329 e. The largest absolute Gasteiger partial charge is 0.508 e. The van der Waals surface area contributed by atoms with Crippen LogP contribution < -0.4 is 10.7 Å². The van der Waals surface area contributed by atoms with Crippen molar-refractivity contribution in [1.82, 2.24) is 5.43 Å². The number of hydrogen-bond acceptors (Lipinski definition) is 4. The molecule has 2 aromatic rings. The fraction of sp³-hybridized carbons (Fsp3) is 0.0625. The predicted molar refractivity (Wildman–Crippen MR) is 88.7 cm³/mol. The number of benzene rings is 2. The van der Waals surface area contributed by atoms with Gasteiger partial charge in [-0.25, -0.2) is 5.43 Å². The first-order valence-corrected chi connectivity index (χ1v) is 7.03. The van der Waals surface area contributed by atoms with Crippen LogP contribution in [-0.4, -0.2) is 23.1 Å². The van der Waals surface area contributed by atoms with Crippen LogP contribution in [0.25, 0.3) is 0 Å². The molecule has 0 aliphatic carbocycles. The Morgan fingerprint density at radius 1 is 1.17 bits per heavy atom. The van der Waals surface area contributed by atoms with Crippen LogP contribution in [0.2, 0.25) is 5.02 Å². The van der Waals surface area contributed by atoms with E-state index in [4.69, 9.17) is 11.6 Å². The monoisotopic (exact) mass is 331 g/mol. The number of halogens is 1. The van der Waals surface area contributed by atoms with Crippen molar-refractivity contribution in [3.8, 4) is 5.75 Å². The van der Waals surface area contributed by atoms with E-state index in [0.717, 1.165) is 5.56 Å². The topological polar surface area (TPSA) is 90.8 Å². The molecule has 0 aliphatic heterocycles. The number of carbonyl (C=O) groups is 2. The summed E-state index contributed by atoms with van der Waals surface area (Å²) in [5.41, 5.74) is 3.92. The Morgan fingerprint density at radius 3 is 2.70 bits per heavy atom. The highest BCUT2D eigenvalue weighted by molar-refractivity contribution is 6.40. The first-order chi connectivity index (χ1) is 11.0. The number of amides is 2. The lowest BCUT2D eigenvalue weighted by atomic mass is 10.2. The van der Waals surface area contributed by atoms with Gasteiger partial charge < -0.3 is 10.4 Å². The van der Waals surface area contributed by atoms with Crippen LogP contribution in [0.15, 0.2) is 47.6 Å². The van der Waals surface area contributed by atoms with Crippen molar-refractivity contribution >= 4 is 35.3 Å². The molecule has 0 unspecified atom stereocenters. The van der Waals surface area contributed by atoms with E-state index in [0.29, 0.717) is 16.3 Å². The highest BCUT2D eigenvalue weighted by atomic mass is 35.5. The van der Waals surface area contributed by atoms with Gasteiger partial charge in [-0.3, -0.25) is 9.59 Å². The van der Waals surface area contributed by atoms with Gasteiger partial charge in [0.2, 0.25) is 0 Å². The first kappa shape index (κ1) is 16.5. The van der Waals surface area contributed by atoms with E-state index in [1.807, 2.05) is 0 Å². The zero-order chi connectivity index (χ0) is 16.8. The van der Waals surface area contributed by atoms with Crippen LogP contribution in [0.3, 0.4) is 0 Å². The smallest absolute Gasteiger partial charge is 0.329 e. The number of phenols is 1. The van der Waals surface area contributed by atoms with Crippen molar-refractivity contribution in [2.24, 2.45) is 5.10 Å². The zero-order valence-electron chi connectivity index (χ0n) is 12.2. The van der Waals surface area contributed by atoms with Gasteiger partial charge in [0.25, 0.3) is 0 Å². The van der Waals surface area contributed by atoms with Gasteiger partial charge >= 0.3 is 11.8 Å². The molecule has 23 heavy (non-hydrogen) atoms. The van der Waals surface area contributed by atoms with Crippen LogP contribution in [0.4, 0.5) is 5.69 Å². The summed E-state index contributed by atoms with van der Waals surface area (Å²) in [5, 5.41) is 15.9. The van der Waals surface area contributed by atoms with E-state index in [-0.39, 0.29) is 5.75 Å². The van der Waals surface area contributed by atoms with E-state index in [2.05, 4.69) is 15.8 Å². The maximum atomic E-state index is 11.8. The summed E-state index contributed by atoms with van der Waals surface area (Å²) in [5.74, 6) is -1.70. The van der Waals surface area contributed by atoms with Gasteiger partial charge in [0.15, 0.2) is 0 Å². The number of nitrogens with zero attached hydrogens (tertiary/aromatic N) is 1. The summed E-state index contributed by atoms with van der Waals surface area (Å²) in [6.07, 6.45) is 1.32. The minimum absolute atomic E-state index is 0.0782. The SMILES string of the molecule is Cc1ccc(Cl)cc1NC(=O)C(=O)N/N=C\c1cccc(O)c1. The second-order valence-electron chi connectivity index (χ2n) is 4.71. The maximum absolute atomic E-state index is 11.8. The number of rotatable bonds is 3. The molecule has 0 fully saturated rings. The summed E-state index contributed by atoms with van der Waals surface area (Å²) in [4.78, 5) is 23.5. The molecule has 0 bridgehead atoms. The van der Waals surface area contributed by atoms with Crippen molar-refractivity contribution in [2.75, 3.05) is 5.32 Å². The number of aryl methyl sites for hydroxylation is 1. The van der Waals surface area contributed by atoms with Crippen LogP contribution in [0.1, 0.15) is 11.1 Å². The van der Waals surface area contributed by atoms with Gasteiger partial charge in [0.1, 0.15) is 5.75 Å². The van der Waals surface area contributed by atoms with Gasteiger partial charge in [0.05, 0.1) is 6.21 Å². The Hall–Kier alpha value is -2.86. The molecule has 118 valence electrons. The highest BCUT2D eigenvalue weighted by Gasteiger charge is 2.14. The third-order valence-corrected chi connectivity index (χ3v) is 3.14. The molecule has 2 amide bonds. The number of anilines is 1. The third kappa shape index (κ3) is 4.82. The molecule has 0 saturated carbocycles. The van der Waals surface area contributed by atoms with Crippen molar-refractivity contribution in [3.05, 3.63) is 58.6 Å². The third-order valence-electron chi connectivity index (χ3n) is 2.90. The zero-order valence-corrected chi connectivity index (χ0v) is 13.0. The van der Waals surface area contributed by atoms with Gasteiger partial charge in [-0.05, 0) is 42.3 Å². The number of aromatic hydroxyl groups is 1. The second-order valence-corrected chi connectivity index (χ2v) is 5.14. The van der Waals surface area contributed by atoms with Gasteiger partial charge in [0, 0.05) is 10.7 Å². The fourth-order valence-electron chi connectivity index (χ4n) is 1.73. The van der Waals surface area contributed by atoms with Gasteiger partial charge in [-0.2, -0.15) is 5.10 Å². The van der Waals surface area contributed by atoms with Gasteiger partial charge in [-0.1, -0.05) is 29.8 Å². The minimum atomic E-state index is -0.916. The summed E-state index contributed by atoms with van der Waals surface area (Å²) in [7, 11) is 0. The first-order valence-electron chi connectivity index (χ1n) is 6.65. The predicted octanol–water partition coefficient (Wildman–Crippen LogP) is 2.44. The fourth-order valence-corrected chi connectivity index (χ4v) is 1.90. The second kappa shape index (κ2) is 7.42. The highest BCUT2D eigenvalue weighted by Crippen LogP contribution is 2.19. The molecule has 2 aromatic carbocycles. The molecule has 0 aromatic heterocycles. The number of hydrazone groups is 1. The molecule has 6 nitrogen and oxygen atoms in total. The standard InChI is InChI=1S/C16H14ClN3O3/c1-10-5-6-12(17)8-14(10)19-15(22)16(23)20-18-9-11-3-2-4-13(21)7-11/h2-9,21H,1H3,(H,19,22)(H,20,23)/b18-9-. The Bertz CT molecular complexity index is 775. The Kier molecular flexibility index (Phi) is 5.32. The van der Waals surface area contributed by atoms with Crippen LogP contribution in [0.5, 0.6) is 5.75 Å². The lowest BCUT2D eigenvalue weighted by molar-refractivity contribution is -0.136. The Balaban J connectivity index is 1.95. The molecule has 0 heterocycles. The summed E-state index contributed by atoms with van der Waals surface area (Å²) < 4.78 is 0. The lowest BCUT2D eigenvalue weighted by Crippen LogP contribution is -2.32. The lowest BCUT2D eigenvalue weighted by Gasteiger charge is -2.07. The average Bonchev–Trinajstić information content (AvgIpc) is 2.51. The molecule has 0 saturated heterocycles. The molecule has 3 N–H and O–H groups in total.